The first kappa shape index (κ1) is 23.5. The summed E-state index contributed by atoms with van der Waals surface area (Å²) in [5, 5.41) is 0.710. The van der Waals surface area contributed by atoms with E-state index in [9.17, 15) is 0 Å². The predicted octanol–water partition coefficient (Wildman–Crippen LogP) is 6.71. The molecule has 0 spiro atoms. The third-order valence-corrected chi connectivity index (χ3v) is 7.68. The number of ether oxygens (including phenoxy) is 2. The molecule has 0 bridgehead atoms. The summed E-state index contributed by atoms with van der Waals surface area (Å²) in [4.78, 5) is 7.49. The number of nitrogens with zero attached hydrogens (tertiary/aromatic N) is 3. The maximum absolute atomic E-state index is 6.41. The lowest BCUT2D eigenvalue weighted by Gasteiger charge is -2.29. The van der Waals surface area contributed by atoms with Gasteiger partial charge in [-0.1, -0.05) is 17.7 Å². The van der Waals surface area contributed by atoms with Crippen LogP contribution < -0.4 is 9.47 Å². The van der Waals surface area contributed by atoms with Gasteiger partial charge in [-0.2, -0.15) is 0 Å². The number of halogens is 1. The van der Waals surface area contributed by atoms with Gasteiger partial charge in [-0.25, -0.2) is 4.98 Å². The molecule has 2 aromatic carbocycles. The highest BCUT2D eigenvalue weighted by atomic mass is 35.5. The number of rotatable bonds is 9. The number of fused-ring (bicyclic) bond motifs is 1. The van der Waals surface area contributed by atoms with E-state index in [0.717, 1.165) is 60.1 Å². The molecule has 0 unspecified atom stereocenters. The topological polar surface area (TPSA) is 39.5 Å². The van der Waals surface area contributed by atoms with Crippen molar-refractivity contribution in [2.45, 2.75) is 70.6 Å². The smallest absolute Gasteiger partial charge is 0.148 e. The van der Waals surface area contributed by atoms with E-state index in [4.69, 9.17) is 26.1 Å². The van der Waals surface area contributed by atoms with E-state index < -0.39 is 0 Å². The fraction of sp³-hybridized carbons (Fsp3) is 0.536. The van der Waals surface area contributed by atoms with Crippen LogP contribution in [0.1, 0.15) is 57.2 Å². The Bertz CT molecular complexity index is 1070. The lowest BCUT2D eigenvalue weighted by Crippen LogP contribution is -2.30. The molecule has 2 fully saturated rings. The number of hydrogen-bond donors (Lipinski definition) is 0. The first-order valence-electron chi connectivity index (χ1n) is 12.9. The lowest BCUT2D eigenvalue weighted by atomic mass is 9.92. The molecule has 2 heterocycles. The van der Waals surface area contributed by atoms with Crippen LogP contribution in [0.5, 0.6) is 11.5 Å². The molecular weight excluding hydrogens is 446 g/mol. The number of piperidine rings is 1. The molecule has 3 aromatic rings. The number of aryl methyl sites for hydroxylation is 1. The standard InChI is InChI=1S/C28H36ClN3O2/c1-31-18-15-21(16-19-31)6-5-17-32-25-9-4-10-26(34-24-7-2-3-8-24)28(25)30-27(32)20-33-23-13-11-22(29)12-14-23/h4,9-14,21,24H,2-3,5-8,15-20H2,1H3. The highest BCUT2D eigenvalue weighted by molar-refractivity contribution is 6.30. The molecule has 5 nitrogen and oxygen atoms in total. The van der Waals surface area contributed by atoms with Crippen molar-refractivity contribution in [1.29, 1.82) is 0 Å². The molecule has 0 amide bonds. The Morgan fingerprint density at radius 3 is 2.53 bits per heavy atom. The molecule has 1 saturated heterocycles. The van der Waals surface area contributed by atoms with Crippen LogP contribution in [0.3, 0.4) is 0 Å². The van der Waals surface area contributed by atoms with Gasteiger partial charge < -0.3 is 18.9 Å². The molecule has 1 aliphatic heterocycles. The van der Waals surface area contributed by atoms with E-state index in [0.29, 0.717) is 17.7 Å². The van der Waals surface area contributed by atoms with Crippen molar-refractivity contribution in [3.8, 4) is 11.5 Å². The summed E-state index contributed by atoms with van der Waals surface area (Å²) in [5.74, 6) is 3.50. The predicted molar refractivity (Wildman–Crippen MR) is 138 cm³/mol. The monoisotopic (exact) mass is 481 g/mol. The lowest BCUT2D eigenvalue weighted by molar-refractivity contribution is 0.208. The van der Waals surface area contributed by atoms with E-state index in [2.05, 4.69) is 34.7 Å². The molecule has 5 rings (SSSR count). The second kappa shape index (κ2) is 11.0. The van der Waals surface area contributed by atoms with Crippen molar-refractivity contribution in [2.24, 2.45) is 5.92 Å². The van der Waals surface area contributed by atoms with E-state index in [1.165, 1.54) is 45.2 Å². The summed E-state index contributed by atoms with van der Waals surface area (Å²) < 4.78 is 14.9. The zero-order valence-electron chi connectivity index (χ0n) is 20.2. The van der Waals surface area contributed by atoms with Gasteiger partial charge >= 0.3 is 0 Å². The van der Waals surface area contributed by atoms with Gasteiger partial charge in [-0.3, -0.25) is 0 Å². The molecule has 6 heteroatoms. The summed E-state index contributed by atoms with van der Waals surface area (Å²) >= 11 is 6.04. The third-order valence-electron chi connectivity index (χ3n) is 7.43. The first-order valence-corrected chi connectivity index (χ1v) is 13.3. The number of likely N-dealkylation sites (tertiary alicyclic amines) is 1. The molecule has 182 valence electrons. The number of imidazole rings is 1. The first-order chi connectivity index (χ1) is 16.7. The summed E-state index contributed by atoms with van der Waals surface area (Å²) in [6.07, 6.45) is 10.2. The molecule has 1 aliphatic carbocycles. The molecule has 2 aliphatic rings. The third kappa shape index (κ3) is 5.69. The highest BCUT2D eigenvalue weighted by Crippen LogP contribution is 2.31. The van der Waals surface area contributed by atoms with E-state index in [1.807, 2.05) is 24.3 Å². The number of para-hydroxylation sites is 1. The normalized spacial score (nSPS) is 18.1. The van der Waals surface area contributed by atoms with Gasteiger partial charge in [0.1, 0.15) is 29.4 Å². The van der Waals surface area contributed by atoms with Gasteiger partial charge in [-0.05, 0) is 114 Å². The van der Waals surface area contributed by atoms with Crippen molar-refractivity contribution in [2.75, 3.05) is 20.1 Å². The Balaban J connectivity index is 1.35. The minimum atomic E-state index is 0.314. The number of hydrogen-bond acceptors (Lipinski definition) is 4. The Hall–Kier alpha value is -2.24. The van der Waals surface area contributed by atoms with Crippen LogP contribution in [0.2, 0.25) is 5.02 Å². The minimum absolute atomic E-state index is 0.314. The van der Waals surface area contributed by atoms with Gasteiger partial charge in [0.25, 0.3) is 0 Å². The fourth-order valence-electron chi connectivity index (χ4n) is 5.38. The molecule has 0 N–H and O–H groups in total. The van der Waals surface area contributed by atoms with Gasteiger partial charge in [-0.15, -0.1) is 0 Å². The Kier molecular flexibility index (Phi) is 7.60. The second-order valence-electron chi connectivity index (χ2n) is 9.96. The second-order valence-corrected chi connectivity index (χ2v) is 10.4. The van der Waals surface area contributed by atoms with Crippen LogP contribution >= 0.6 is 11.6 Å². The van der Waals surface area contributed by atoms with Crippen molar-refractivity contribution < 1.29 is 9.47 Å². The van der Waals surface area contributed by atoms with Crippen LogP contribution in [-0.2, 0) is 13.2 Å². The average Bonchev–Trinajstić information content (AvgIpc) is 3.49. The van der Waals surface area contributed by atoms with Crippen molar-refractivity contribution in [3.05, 3.63) is 53.3 Å². The molecule has 1 saturated carbocycles. The maximum atomic E-state index is 6.41. The summed E-state index contributed by atoms with van der Waals surface area (Å²) in [7, 11) is 2.23. The molecule has 0 radical (unpaired) electrons. The van der Waals surface area contributed by atoms with Crippen LogP contribution in [0.15, 0.2) is 42.5 Å². The van der Waals surface area contributed by atoms with Crippen LogP contribution in [-0.4, -0.2) is 40.7 Å². The largest absolute Gasteiger partial charge is 0.488 e. The quantitative estimate of drug-likeness (QED) is 0.340. The van der Waals surface area contributed by atoms with Gasteiger partial charge in [0.2, 0.25) is 0 Å². The molecule has 34 heavy (non-hydrogen) atoms. The molecule has 0 atom stereocenters. The highest BCUT2D eigenvalue weighted by Gasteiger charge is 2.21. The minimum Gasteiger partial charge on any atom is -0.488 e. The van der Waals surface area contributed by atoms with Crippen LogP contribution in [0.25, 0.3) is 11.0 Å². The van der Waals surface area contributed by atoms with E-state index in [-0.39, 0.29) is 0 Å². The zero-order valence-corrected chi connectivity index (χ0v) is 21.0. The summed E-state index contributed by atoms with van der Waals surface area (Å²) in [6.45, 7) is 3.82. The van der Waals surface area contributed by atoms with E-state index >= 15 is 0 Å². The van der Waals surface area contributed by atoms with Gasteiger partial charge in [0, 0.05) is 11.6 Å². The number of aromatic nitrogens is 2. The zero-order chi connectivity index (χ0) is 23.3. The van der Waals surface area contributed by atoms with Crippen molar-refractivity contribution >= 4 is 22.6 Å². The Labute approximate surface area is 208 Å². The van der Waals surface area contributed by atoms with Crippen molar-refractivity contribution in [3.63, 3.8) is 0 Å². The molecule has 1 aromatic heterocycles. The average molecular weight is 482 g/mol. The number of benzene rings is 2. The maximum Gasteiger partial charge on any atom is 0.148 e. The van der Waals surface area contributed by atoms with Gasteiger partial charge in [0.05, 0.1) is 11.6 Å². The van der Waals surface area contributed by atoms with E-state index in [1.54, 1.807) is 0 Å². The van der Waals surface area contributed by atoms with Crippen LogP contribution in [0, 0.1) is 5.92 Å². The Morgan fingerprint density at radius 2 is 1.76 bits per heavy atom. The SMILES string of the molecule is CN1CCC(CCCn2c(COc3ccc(Cl)cc3)nc3c(OC4CCCC4)cccc32)CC1. The van der Waals surface area contributed by atoms with Gasteiger partial charge in [0.15, 0.2) is 0 Å². The van der Waals surface area contributed by atoms with Crippen LogP contribution in [0.4, 0.5) is 0 Å². The van der Waals surface area contributed by atoms with Crippen molar-refractivity contribution in [1.82, 2.24) is 14.5 Å². The fourth-order valence-corrected chi connectivity index (χ4v) is 5.50. The molecular formula is C28H36ClN3O2. The Morgan fingerprint density at radius 1 is 1.00 bits per heavy atom. The summed E-state index contributed by atoms with van der Waals surface area (Å²) in [5.41, 5.74) is 2.11. The summed E-state index contributed by atoms with van der Waals surface area (Å²) in [6, 6.07) is 13.9.